The standard InChI is InChI=1S/C44H74O10/c1-3-5-7-9-11-13-15-17-19-21-23-25-27-29-31-33-40(47)53-37(36-52-44-43(50)42(49)41(48)38(34-45)54-44)35-51-39(46)32-30-28-26-24-22-20-18-16-14-12-10-8-6-4-2/h5,7,9,11,13,15-19,37-38,41-45,48-50H,3-4,6,8,10,12,14,20-36H2,1-2H3/b7-5+,11-9+,15-13+,18-16+,19-17+/t37-,38-,41+,42?,43?,44-/m0/s1. The summed E-state index contributed by atoms with van der Waals surface area (Å²) in [6, 6.07) is 0. The van der Waals surface area contributed by atoms with Gasteiger partial charge in [0, 0.05) is 12.8 Å². The zero-order valence-corrected chi connectivity index (χ0v) is 33.4. The molecule has 310 valence electrons. The summed E-state index contributed by atoms with van der Waals surface area (Å²) < 4.78 is 22.1. The van der Waals surface area contributed by atoms with Crippen LogP contribution in [0.15, 0.2) is 60.8 Å². The van der Waals surface area contributed by atoms with E-state index in [-0.39, 0.29) is 26.1 Å². The summed E-state index contributed by atoms with van der Waals surface area (Å²) in [4.78, 5) is 25.2. The van der Waals surface area contributed by atoms with Crippen molar-refractivity contribution in [2.45, 2.75) is 185 Å². The molecule has 1 aliphatic heterocycles. The van der Waals surface area contributed by atoms with E-state index in [1.807, 2.05) is 30.4 Å². The van der Waals surface area contributed by atoms with Crippen LogP contribution in [-0.2, 0) is 28.5 Å². The smallest absolute Gasteiger partial charge is 0.306 e. The minimum atomic E-state index is -1.60. The summed E-state index contributed by atoms with van der Waals surface area (Å²) in [5.74, 6) is -0.850. The van der Waals surface area contributed by atoms with Gasteiger partial charge in [0.1, 0.15) is 31.0 Å². The first kappa shape index (κ1) is 49.4. The first-order chi connectivity index (χ1) is 26.3. The van der Waals surface area contributed by atoms with Gasteiger partial charge in [-0.15, -0.1) is 0 Å². The molecule has 2 unspecified atom stereocenters. The van der Waals surface area contributed by atoms with E-state index < -0.39 is 55.4 Å². The van der Waals surface area contributed by atoms with E-state index in [1.54, 1.807) is 0 Å². The molecule has 0 aliphatic carbocycles. The molecule has 1 fully saturated rings. The molecule has 0 aromatic carbocycles. The maximum Gasteiger partial charge on any atom is 0.306 e. The largest absolute Gasteiger partial charge is 0.462 e. The lowest BCUT2D eigenvalue weighted by molar-refractivity contribution is -0.305. The van der Waals surface area contributed by atoms with E-state index in [9.17, 15) is 30.0 Å². The van der Waals surface area contributed by atoms with Crippen LogP contribution in [0.2, 0.25) is 0 Å². The second-order valence-electron chi connectivity index (χ2n) is 14.1. The van der Waals surface area contributed by atoms with Crippen LogP contribution in [-0.4, -0.2) is 89.0 Å². The summed E-state index contributed by atoms with van der Waals surface area (Å²) in [5.41, 5.74) is 0. The zero-order chi connectivity index (χ0) is 39.5. The molecule has 1 rings (SSSR count). The van der Waals surface area contributed by atoms with Crippen molar-refractivity contribution in [3.63, 3.8) is 0 Å². The number of allylic oxidation sites excluding steroid dienone is 10. The number of hydrogen-bond donors (Lipinski definition) is 4. The molecule has 6 atom stereocenters. The van der Waals surface area contributed by atoms with Crippen molar-refractivity contribution in [2.24, 2.45) is 0 Å². The minimum Gasteiger partial charge on any atom is -0.462 e. The molecule has 0 radical (unpaired) electrons. The fourth-order valence-corrected chi connectivity index (χ4v) is 5.90. The molecule has 0 amide bonds. The maximum atomic E-state index is 12.7. The fourth-order valence-electron chi connectivity index (χ4n) is 5.90. The Morgan fingerprint density at radius 2 is 1.11 bits per heavy atom. The molecule has 4 N–H and O–H groups in total. The second kappa shape index (κ2) is 34.9. The van der Waals surface area contributed by atoms with Gasteiger partial charge in [-0.05, 0) is 57.8 Å². The molecule has 0 aromatic heterocycles. The SMILES string of the molecule is CC/C=C/C=C/C=C/C=C/CCCCCCCC(=O)O[C@@H](COC(=O)CCCCCCC/C=C/CCCCCCC)CO[C@H]1O[C@@H](CO)[C@@H](O)C(O)C1O. The molecule has 10 nitrogen and oxygen atoms in total. The molecule has 54 heavy (non-hydrogen) atoms. The molecule has 10 heteroatoms. The average Bonchev–Trinajstić information content (AvgIpc) is 3.17. The summed E-state index contributed by atoms with van der Waals surface area (Å²) in [7, 11) is 0. The van der Waals surface area contributed by atoms with E-state index in [1.165, 1.54) is 38.5 Å². The Balaban J connectivity index is 2.40. The summed E-state index contributed by atoms with van der Waals surface area (Å²) >= 11 is 0. The van der Waals surface area contributed by atoms with Crippen molar-refractivity contribution in [1.82, 2.24) is 0 Å². The highest BCUT2D eigenvalue weighted by Gasteiger charge is 2.44. The van der Waals surface area contributed by atoms with Crippen LogP contribution >= 0.6 is 0 Å². The molecule has 0 aromatic rings. The Kier molecular flexibility index (Phi) is 31.9. The zero-order valence-electron chi connectivity index (χ0n) is 33.4. The minimum absolute atomic E-state index is 0.199. The highest BCUT2D eigenvalue weighted by Crippen LogP contribution is 2.22. The van der Waals surface area contributed by atoms with Crippen molar-refractivity contribution in [2.75, 3.05) is 19.8 Å². The Morgan fingerprint density at radius 1 is 0.593 bits per heavy atom. The Hall–Kier alpha value is -2.60. The van der Waals surface area contributed by atoms with Gasteiger partial charge in [0.2, 0.25) is 0 Å². The molecular formula is C44H74O10. The number of aliphatic hydroxyl groups excluding tert-OH is 4. The maximum absolute atomic E-state index is 12.7. The topological polar surface area (TPSA) is 152 Å². The van der Waals surface area contributed by atoms with E-state index >= 15 is 0 Å². The molecular weight excluding hydrogens is 688 g/mol. The number of hydrogen-bond acceptors (Lipinski definition) is 10. The third kappa shape index (κ3) is 26.2. The van der Waals surface area contributed by atoms with Gasteiger partial charge in [0.25, 0.3) is 0 Å². The molecule has 0 bridgehead atoms. The van der Waals surface area contributed by atoms with Crippen LogP contribution in [0.5, 0.6) is 0 Å². The first-order valence-electron chi connectivity index (χ1n) is 20.9. The molecule has 1 heterocycles. The van der Waals surface area contributed by atoms with Gasteiger partial charge in [-0.3, -0.25) is 9.59 Å². The lowest BCUT2D eigenvalue weighted by Crippen LogP contribution is -2.59. The van der Waals surface area contributed by atoms with Crippen molar-refractivity contribution in [1.29, 1.82) is 0 Å². The van der Waals surface area contributed by atoms with Crippen molar-refractivity contribution >= 4 is 11.9 Å². The van der Waals surface area contributed by atoms with Crippen LogP contribution in [0.4, 0.5) is 0 Å². The van der Waals surface area contributed by atoms with Crippen LogP contribution in [0.3, 0.4) is 0 Å². The Morgan fingerprint density at radius 3 is 1.70 bits per heavy atom. The number of carbonyl (C=O) groups is 2. The van der Waals surface area contributed by atoms with Crippen molar-refractivity contribution < 1.29 is 49.0 Å². The van der Waals surface area contributed by atoms with E-state index in [0.29, 0.717) is 12.8 Å². The molecule has 1 aliphatic rings. The number of ether oxygens (including phenoxy) is 4. The third-order valence-electron chi connectivity index (χ3n) is 9.23. The van der Waals surface area contributed by atoms with Gasteiger partial charge in [0.15, 0.2) is 12.4 Å². The van der Waals surface area contributed by atoms with Gasteiger partial charge in [0.05, 0.1) is 13.2 Å². The lowest BCUT2D eigenvalue weighted by Gasteiger charge is -2.39. The second-order valence-corrected chi connectivity index (χ2v) is 14.1. The summed E-state index contributed by atoms with van der Waals surface area (Å²) in [5, 5.41) is 40.0. The number of esters is 2. The van der Waals surface area contributed by atoms with Gasteiger partial charge in [-0.2, -0.15) is 0 Å². The number of aliphatic hydroxyl groups is 4. The van der Waals surface area contributed by atoms with E-state index in [4.69, 9.17) is 18.9 Å². The first-order valence-corrected chi connectivity index (χ1v) is 20.9. The van der Waals surface area contributed by atoms with Crippen LogP contribution in [0.25, 0.3) is 0 Å². The quantitative estimate of drug-likeness (QED) is 0.0223. The normalized spacial score (nSPS) is 21.3. The number of carbonyl (C=O) groups excluding carboxylic acids is 2. The predicted molar refractivity (Wildman–Crippen MR) is 215 cm³/mol. The number of unbranched alkanes of at least 4 members (excludes halogenated alkanes) is 15. The molecule has 0 spiro atoms. The average molecular weight is 763 g/mol. The van der Waals surface area contributed by atoms with Crippen LogP contribution in [0.1, 0.15) is 149 Å². The van der Waals surface area contributed by atoms with Gasteiger partial charge in [-0.25, -0.2) is 0 Å². The van der Waals surface area contributed by atoms with Gasteiger partial charge in [-0.1, -0.05) is 139 Å². The Bertz CT molecular complexity index is 1070. The number of rotatable bonds is 33. The summed E-state index contributed by atoms with van der Waals surface area (Å²) in [6.45, 7) is 3.22. The lowest BCUT2D eigenvalue weighted by atomic mass is 9.99. The van der Waals surface area contributed by atoms with Crippen LogP contribution in [0, 0.1) is 0 Å². The molecule has 1 saturated heterocycles. The predicted octanol–water partition coefficient (Wildman–Crippen LogP) is 8.27. The van der Waals surface area contributed by atoms with Crippen LogP contribution < -0.4 is 0 Å². The van der Waals surface area contributed by atoms with Gasteiger partial charge >= 0.3 is 11.9 Å². The van der Waals surface area contributed by atoms with Crippen molar-refractivity contribution in [3.8, 4) is 0 Å². The van der Waals surface area contributed by atoms with Crippen molar-refractivity contribution in [3.05, 3.63) is 60.8 Å². The summed E-state index contributed by atoms with van der Waals surface area (Å²) in [6.07, 6.45) is 33.7. The van der Waals surface area contributed by atoms with Gasteiger partial charge < -0.3 is 39.4 Å². The highest BCUT2D eigenvalue weighted by atomic mass is 16.7. The monoisotopic (exact) mass is 763 g/mol. The third-order valence-corrected chi connectivity index (χ3v) is 9.23. The van der Waals surface area contributed by atoms with E-state index in [2.05, 4.69) is 44.2 Å². The Labute approximate surface area is 326 Å². The molecule has 0 saturated carbocycles. The van der Waals surface area contributed by atoms with E-state index in [0.717, 1.165) is 70.6 Å². The fraction of sp³-hybridized carbons (Fsp3) is 0.727. The highest BCUT2D eigenvalue weighted by molar-refractivity contribution is 5.70.